The number of aliphatic hydroxyl groups excluding tert-OH is 1. The average molecular weight is 286 g/mol. The van der Waals surface area contributed by atoms with Crippen LogP contribution in [0.2, 0.25) is 0 Å². The van der Waals surface area contributed by atoms with Gasteiger partial charge in [0.05, 0.1) is 7.11 Å². The van der Waals surface area contributed by atoms with Gasteiger partial charge in [-0.3, -0.25) is 0 Å². The molecule has 2 aromatic carbocycles. The van der Waals surface area contributed by atoms with Crippen molar-refractivity contribution in [2.45, 2.75) is 11.7 Å². The monoisotopic (exact) mass is 286 g/mol. The van der Waals surface area contributed by atoms with Gasteiger partial charge in [-0.05, 0) is 23.8 Å². The summed E-state index contributed by atoms with van der Waals surface area (Å²) in [5.74, 6) is -0.0616. The van der Waals surface area contributed by atoms with Gasteiger partial charge < -0.3 is 19.7 Å². The van der Waals surface area contributed by atoms with Gasteiger partial charge >= 0.3 is 5.97 Å². The number of para-hydroxylation sites is 1. The van der Waals surface area contributed by atoms with Crippen LogP contribution in [0.15, 0.2) is 48.5 Å². The van der Waals surface area contributed by atoms with Crippen molar-refractivity contribution in [1.82, 2.24) is 0 Å². The first-order valence-corrected chi connectivity index (χ1v) is 6.43. The summed E-state index contributed by atoms with van der Waals surface area (Å²) in [7, 11) is 1.52. The molecule has 0 saturated carbocycles. The first-order chi connectivity index (χ1) is 10.1. The zero-order valence-electron chi connectivity index (χ0n) is 11.3. The molecule has 0 saturated heterocycles. The second-order valence-corrected chi connectivity index (χ2v) is 4.82. The maximum atomic E-state index is 12.2. The van der Waals surface area contributed by atoms with Crippen LogP contribution in [0.3, 0.4) is 0 Å². The predicted molar refractivity (Wildman–Crippen MR) is 73.9 cm³/mol. The molecule has 5 heteroatoms. The number of benzene rings is 2. The molecule has 5 nitrogen and oxygen atoms in total. The van der Waals surface area contributed by atoms with Gasteiger partial charge in [0, 0.05) is 5.56 Å². The largest absolute Gasteiger partial charge is 0.497 e. The number of methoxy groups -OCH3 is 1. The highest BCUT2D eigenvalue weighted by atomic mass is 16.6. The Morgan fingerprint density at radius 3 is 2.48 bits per heavy atom. The molecule has 108 valence electrons. The molecule has 0 aromatic heterocycles. The zero-order valence-corrected chi connectivity index (χ0v) is 11.3. The number of aliphatic hydroxyl groups is 2. The summed E-state index contributed by atoms with van der Waals surface area (Å²) in [6.07, 6.45) is -1.40. The standard InChI is InChI=1S/C16H14O5/c1-20-11-8-6-10(7-9-11)16(19)14(17)12-4-2-3-5-13(12)21-15(16)18/h2-9,14,17,19H,1H3. The van der Waals surface area contributed by atoms with Crippen LogP contribution in [-0.4, -0.2) is 23.3 Å². The van der Waals surface area contributed by atoms with E-state index in [1.54, 1.807) is 36.4 Å². The third-order valence-electron chi connectivity index (χ3n) is 3.65. The molecule has 1 aliphatic rings. The highest BCUT2D eigenvalue weighted by Gasteiger charge is 2.51. The Morgan fingerprint density at radius 1 is 1.14 bits per heavy atom. The summed E-state index contributed by atoms with van der Waals surface area (Å²) in [6, 6.07) is 12.8. The van der Waals surface area contributed by atoms with Crippen molar-refractivity contribution in [3.05, 3.63) is 59.7 Å². The molecule has 3 rings (SSSR count). The predicted octanol–water partition coefficient (Wildman–Crippen LogP) is 1.54. The molecular formula is C16H14O5. The lowest BCUT2D eigenvalue weighted by atomic mass is 9.82. The fraction of sp³-hybridized carbons (Fsp3) is 0.188. The number of ether oxygens (including phenoxy) is 2. The average Bonchev–Trinajstić information content (AvgIpc) is 2.53. The van der Waals surface area contributed by atoms with E-state index in [2.05, 4.69) is 0 Å². The van der Waals surface area contributed by atoms with E-state index in [1.807, 2.05) is 0 Å². The van der Waals surface area contributed by atoms with Crippen LogP contribution < -0.4 is 9.47 Å². The van der Waals surface area contributed by atoms with E-state index in [0.29, 0.717) is 11.3 Å². The fourth-order valence-corrected chi connectivity index (χ4v) is 2.43. The van der Waals surface area contributed by atoms with E-state index < -0.39 is 17.7 Å². The Balaban J connectivity index is 2.09. The van der Waals surface area contributed by atoms with E-state index in [-0.39, 0.29) is 11.3 Å². The minimum Gasteiger partial charge on any atom is -0.497 e. The van der Waals surface area contributed by atoms with Crippen LogP contribution in [0.5, 0.6) is 11.5 Å². The molecule has 2 atom stereocenters. The third kappa shape index (κ3) is 1.98. The van der Waals surface area contributed by atoms with Crippen LogP contribution in [0.25, 0.3) is 0 Å². The van der Waals surface area contributed by atoms with Gasteiger partial charge in [-0.1, -0.05) is 30.3 Å². The number of carbonyl (C=O) groups is 1. The van der Waals surface area contributed by atoms with Gasteiger partial charge in [0.1, 0.15) is 17.6 Å². The van der Waals surface area contributed by atoms with Gasteiger partial charge in [0.25, 0.3) is 0 Å². The van der Waals surface area contributed by atoms with Crippen molar-refractivity contribution >= 4 is 5.97 Å². The van der Waals surface area contributed by atoms with Gasteiger partial charge in [0.2, 0.25) is 5.60 Å². The zero-order chi connectivity index (χ0) is 15.0. The molecule has 0 aliphatic carbocycles. The molecule has 1 heterocycles. The molecule has 0 amide bonds. The number of rotatable bonds is 2. The molecule has 1 aliphatic heterocycles. The van der Waals surface area contributed by atoms with Crippen molar-refractivity contribution in [2.24, 2.45) is 0 Å². The molecule has 2 unspecified atom stereocenters. The van der Waals surface area contributed by atoms with Crippen LogP contribution in [0, 0.1) is 0 Å². The molecule has 0 fully saturated rings. The topological polar surface area (TPSA) is 76.0 Å². The van der Waals surface area contributed by atoms with E-state index in [1.165, 1.54) is 19.2 Å². The Bertz CT molecular complexity index is 679. The number of hydrogen-bond acceptors (Lipinski definition) is 5. The van der Waals surface area contributed by atoms with E-state index in [0.717, 1.165) is 0 Å². The first-order valence-electron chi connectivity index (χ1n) is 6.43. The molecule has 0 bridgehead atoms. The lowest BCUT2D eigenvalue weighted by Gasteiger charge is -2.35. The number of fused-ring (bicyclic) bond motifs is 1. The number of esters is 1. The summed E-state index contributed by atoms with van der Waals surface area (Å²) >= 11 is 0. The molecule has 2 N–H and O–H groups in total. The second-order valence-electron chi connectivity index (χ2n) is 4.82. The molecule has 21 heavy (non-hydrogen) atoms. The van der Waals surface area contributed by atoms with Crippen LogP contribution in [-0.2, 0) is 10.4 Å². The third-order valence-corrected chi connectivity index (χ3v) is 3.65. The lowest BCUT2D eigenvalue weighted by molar-refractivity contribution is -0.176. The Kier molecular flexibility index (Phi) is 3.16. The smallest absolute Gasteiger partial charge is 0.351 e. The van der Waals surface area contributed by atoms with E-state index in [9.17, 15) is 15.0 Å². The van der Waals surface area contributed by atoms with Crippen molar-refractivity contribution in [2.75, 3.05) is 7.11 Å². The summed E-state index contributed by atoms with van der Waals surface area (Å²) < 4.78 is 10.2. The Morgan fingerprint density at radius 2 is 1.81 bits per heavy atom. The highest BCUT2D eigenvalue weighted by Crippen LogP contribution is 2.44. The number of hydrogen-bond donors (Lipinski definition) is 2. The highest BCUT2D eigenvalue weighted by molar-refractivity contribution is 5.86. The van der Waals surface area contributed by atoms with Gasteiger partial charge in [-0.2, -0.15) is 0 Å². The lowest BCUT2D eigenvalue weighted by Crippen LogP contribution is -2.47. The van der Waals surface area contributed by atoms with E-state index in [4.69, 9.17) is 9.47 Å². The van der Waals surface area contributed by atoms with Crippen molar-refractivity contribution < 1.29 is 24.5 Å². The minimum atomic E-state index is -2.14. The van der Waals surface area contributed by atoms with Crippen molar-refractivity contribution in [3.63, 3.8) is 0 Å². The van der Waals surface area contributed by atoms with Gasteiger partial charge in [-0.15, -0.1) is 0 Å². The maximum absolute atomic E-state index is 12.2. The molecule has 0 radical (unpaired) electrons. The minimum absolute atomic E-state index is 0.246. The van der Waals surface area contributed by atoms with E-state index >= 15 is 0 Å². The van der Waals surface area contributed by atoms with Crippen LogP contribution in [0.4, 0.5) is 0 Å². The quantitative estimate of drug-likeness (QED) is 0.647. The summed E-state index contributed by atoms with van der Waals surface area (Å²) in [6.45, 7) is 0. The molecule has 0 spiro atoms. The SMILES string of the molecule is COc1ccc(C2(O)C(=O)Oc3ccccc3C2O)cc1. The molecule has 2 aromatic rings. The summed E-state index contributed by atoms with van der Waals surface area (Å²) in [5, 5.41) is 21.2. The van der Waals surface area contributed by atoms with Gasteiger partial charge in [0.15, 0.2) is 0 Å². The first kappa shape index (κ1) is 13.6. The number of carbonyl (C=O) groups excluding carboxylic acids is 1. The Labute approximate surface area is 121 Å². The van der Waals surface area contributed by atoms with Crippen LogP contribution >= 0.6 is 0 Å². The van der Waals surface area contributed by atoms with Crippen molar-refractivity contribution in [3.8, 4) is 11.5 Å². The summed E-state index contributed by atoms with van der Waals surface area (Å²) in [4.78, 5) is 12.2. The fourth-order valence-electron chi connectivity index (χ4n) is 2.43. The van der Waals surface area contributed by atoms with Gasteiger partial charge in [-0.25, -0.2) is 4.79 Å². The summed E-state index contributed by atoms with van der Waals surface area (Å²) in [5.41, 5.74) is -1.52. The normalized spacial score (nSPS) is 24.1. The van der Waals surface area contributed by atoms with Crippen LogP contribution in [0.1, 0.15) is 17.2 Å². The molecular weight excluding hydrogens is 272 g/mol. The maximum Gasteiger partial charge on any atom is 0.351 e. The second kappa shape index (κ2) is 4.87. The Hall–Kier alpha value is -2.37. The van der Waals surface area contributed by atoms with Crippen molar-refractivity contribution in [1.29, 1.82) is 0 Å².